The summed E-state index contributed by atoms with van der Waals surface area (Å²) < 4.78 is 26.8. The lowest BCUT2D eigenvalue weighted by molar-refractivity contribution is -0.131. The van der Waals surface area contributed by atoms with Crippen LogP contribution in [0, 0.1) is 11.2 Å². The number of amides is 1. The zero-order chi connectivity index (χ0) is 30.9. The smallest absolute Gasteiger partial charge is 0.249 e. The van der Waals surface area contributed by atoms with Crippen molar-refractivity contribution in [3.05, 3.63) is 64.5 Å². The number of aromatic nitrogens is 2. The van der Waals surface area contributed by atoms with Gasteiger partial charge in [0.2, 0.25) is 11.8 Å². The molecule has 3 aromatic rings. The number of aliphatic hydroxyl groups is 1. The lowest BCUT2D eigenvalue weighted by Gasteiger charge is -2.47. The Morgan fingerprint density at radius 2 is 2.02 bits per heavy atom. The molecule has 1 saturated heterocycles. The molecule has 2 aromatic heterocycles. The van der Waals surface area contributed by atoms with E-state index in [0.717, 1.165) is 54.7 Å². The molecule has 0 unspecified atom stereocenters. The molecule has 1 saturated carbocycles. The summed E-state index contributed by atoms with van der Waals surface area (Å²) in [5.74, 6) is 0.0370. The quantitative estimate of drug-likeness (QED) is 0.273. The van der Waals surface area contributed by atoms with E-state index < -0.39 is 18.2 Å². The minimum atomic E-state index is -0.943. The molecule has 10 heteroatoms. The highest BCUT2D eigenvalue weighted by Gasteiger charge is 2.46. The molecule has 4 heterocycles. The molecule has 2 fully saturated rings. The lowest BCUT2D eigenvalue weighted by atomic mass is 9.73. The van der Waals surface area contributed by atoms with Crippen LogP contribution in [-0.2, 0) is 22.4 Å². The summed E-state index contributed by atoms with van der Waals surface area (Å²) in [7, 11) is 0. The van der Waals surface area contributed by atoms with Gasteiger partial charge in [0.05, 0.1) is 12.1 Å². The van der Waals surface area contributed by atoms with E-state index >= 15 is 0 Å². The van der Waals surface area contributed by atoms with Crippen molar-refractivity contribution in [1.82, 2.24) is 20.6 Å². The highest BCUT2D eigenvalue weighted by atomic mass is 32.1. The summed E-state index contributed by atoms with van der Waals surface area (Å²) in [5.41, 5.74) is 3.40. The molecule has 1 amide bonds. The van der Waals surface area contributed by atoms with Crippen LogP contribution in [0.1, 0.15) is 82.0 Å². The number of ether oxygens (including phenoxy) is 2. The molecule has 1 aromatic carbocycles. The summed E-state index contributed by atoms with van der Waals surface area (Å²) in [5, 5.41) is 20.8. The summed E-state index contributed by atoms with van der Waals surface area (Å²) in [4.78, 5) is 22.2. The number of thiazole rings is 1. The van der Waals surface area contributed by atoms with Crippen molar-refractivity contribution in [1.29, 1.82) is 0 Å². The van der Waals surface area contributed by atoms with Gasteiger partial charge in [0.25, 0.3) is 0 Å². The third-order valence-electron chi connectivity index (χ3n) is 8.88. The van der Waals surface area contributed by atoms with E-state index in [9.17, 15) is 14.3 Å². The van der Waals surface area contributed by atoms with Gasteiger partial charge in [0, 0.05) is 54.5 Å². The molecular formula is C34H43FN4O4S. The molecule has 2 aliphatic heterocycles. The Kier molecular flexibility index (Phi) is 9.06. The van der Waals surface area contributed by atoms with Crippen LogP contribution >= 0.6 is 11.3 Å². The van der Waals surface area contributed by atoms with Crippen LogP contribution in [0.4, 0.5) is 4.39 Å². The monoisotopic (exact) mass is 622 g/mol. The van der Waals surface area contributed by atoms with E-state index in [2.05, 4.69) is 42.5 Å². The number of pyridine rings is 1. The summed E-state index contributed by atoms with van der Waals surface area (Å²) in [6.45, 7) is 7.41. The first-order valence-corrected chi connectivity index (χ1v) is 16.6. The molecule has 3 aliphatic rings. The number of carbonyl (C=O) groups is 1. The van der Waals surface area contributed by atoms with Gasteiger partial charge in [-0.05, 0) is 85.8 Å². The average Bonchev–Trinajstić information content (AvgIpc) is 3.69. The van der Waals surface area contributed by atoms with Crippen LogP contribution in [-0.4, -0.2) is 58.0 Å². The molecule has 0 radical (unpaired) electrons. The van der Waals surface area contributed by atoms with Crippen molar-refractivity contribution < 1.29 is 23.8 Å². The summed E-state index contributed by atoms with van der Waals surface area (Å²) >= 11 is 1.44. The van der Waals surface area contributed by atoms with Crippen molar-refractivity contribution in [3.8, 4) is 16.5 Å². The second-order valence-corrected chi connectivity index (χ2v) is 14.7. The van der Waals surface area contributed by atoms with Crippen LogP contribution < -0.4 is 15.4 Å². The van der Waals surface area contributed by atoms with E-state index in [1.165, 1.54) is 23.5 Å². The zero-order valence-corrected chi connectivity index (χ0v) is 26.6. The number of benzene rings is 1. The van der Waals surface area contributed by atoms with Crippen molar-refractivity contribution in [2.75, 3.05) is 13.2 Å². The van der Waals surface area contributed by atoms with Crippen LogP contribution in [0.25, 0.3) is 10.6 Å². The molecule has 0 bridgehead atoms. The molecule has 236 valence electrons. The predicted octanol–water partition coefficient (Wildman–Crippen LogP) is 5.54. The average molecular weight is 623 g/mol. The number of halogens is 1. The van der Waals surface area contributed by atoms with Gasteiger partial charge in [-0.1, -0.05) is 20.8 Å². The minimum Gasteiger partial charge on any atom is -0.471 e. The van der Waals surface area contributed by atoms with Gasteiger partial charge in [-0.15, -0.1) is 11.3 Å². The fraction of sp³-hybridized carbons (Fsp3) is 0.559. The predicted molar refractivity (Wildman–Crippen MR) is 168 cm³/mol. The number of hydrogen-bond donors (Lipinski definition) is 3. The molecule has 6 rings (SSSR count). The van der Waals surface area contributed by atoms with Gasteiger partial charge in [-0.2, -0.15) is 0 Å². The van der Waals surface area contributed by atoms with Crippen LogP contribution in [0.5, 0.6) is 5.88 Å². The maximum absolute atomic E-state index is 14.7. The highest BCUT2D eigenvalue weighted by molar-refractivity contribution is 7.13. The van der Waals surface area contributed by atoms with E-state index in [0.29, 0.717) is 30.0 Å². The molecular weight excluding hydrogens is 579 g/mol. The van der Waals surface area contributed by atoms with Gasteiger partial charge in [-0.3, -0.25) is 4.79 Å². The Hall–Kier alpha value is -2.92. The van der Waals surface area contributed by atoms with Gasteiger partial charge in [0.1, 0.15) is 22.5 Å². The third-order valence-corrected chi connectivity index (χ3v) is 9.70. The number of fused-ring (bicyclic) bond motifs is 1. The number of aliphatic hydroxyl groups excluding tert-OH is 1. The normalized spacial score (nSPS) is 22.1. The topological polar surface area (TPSA) is 106 Å². The second-order valence-electron chi connectivity index (χ2n) is 13.9. The molecule has 1 spiro atoms. The van der Waals surface area contributed by atoms with Gasteiger partial charge in [-0.25, -0.2) is 14.4 Å². The molecule has 4 atom stereocenters. The van der Waals surface area contributed by atoms with Gasteiger partial charge < -0.3 is 25.2 Å². The molecule has 8 nitrogen and oxygen atoms in total. The maximum atomic E-state index is 14.7. The Morgan fingerprint density at radius 3 is 2.70 bits per heavy atom. The zero-order valence-electron chi connectivity index (χ0n) is 25.8. The first-order valence-electron chi connectivity index (χ1n) is 15.8. The highest BCUT2D eigenvalue weighted by Crippen LogP contribution is 2.48. The number of hydrogen-bond acceptors (Lipinski definition) is 8. The van der Waals surface area contributed by atoms with Crippen LogP contribution in [0.3, 0.4) is 0 Å². The number of nitrogens with one attached hydrogen (secondary N) is 2. The largest absolute Gasteiger partial charge is 0.471 e. The number of carbonyl (C=O) groups excluding carboxylic acids is 1. The Balaban J connectivity index is 1.22. The van der Waals surface area contributed by atoms with E-state index in [1.807, 2.05) is 17.6 Å². The van der Waals surface area contributed by atoms with Crippen LogP contribution in [0.15, 0.2) is 42.0 Å². The molecule has 3 N–H and O–H groups in total. The van der Waals surface area contributed by atoms with Crippen molar-refractivity contribution in [2.24, 2.45) is 5.41 Å². The third kappa shape index (κ3) is 7.30. The van der Waals surface area contributed by atoms with Crippen molar-refractivity contribution in [3.63, 3.8) is 0 Å². The van der Waals surface area contributed by atoms with E-state index in [1.54, 1.807) is 6.20 Å². The Morgan fingerprint density at radius 1 is 1.18 bits per heavy atom. The van der Waals surface area contributed by atoms with Crippen LogP contribution in [0.2, 0.25) is 0 Å². The maximum Gasteiger partial charge on any atom is 0.249 e. The SMILES string of the molecule is CC(C)(C)Cc1cnc2c(c1)[C@@H](NC[C@@H](O)[C@H](Cc1cc(F)cc(-c3nccs3)c1)NC(=O)[C@H]1CCCO1)CC1(CCC1)O2. The number of rotatable bonds is 10. The van der Waals surface area contributed by atoms with E-state index in [-0.39, 0.29) is 41.7 Å². The molecule has 1 aliphatic carbocycles. The van der Waals surface area contributed by atoms with Crippen molar-refractivity contribution in [2.45, 2.75) is 102 Å². The van der Waals surface area contributed by atoms with Gasteiger partial charge >= 0.3 is 0 Å². The fourth-order valence-corrected chi connectivity index (χ4v) is 7.23. The standard InChI is InChI=1S/C34H43FN4O4S/c1-33(2,3)17-22-14-25-27(18-34(7-5-8-34)43-31(25)38-19-22)37-20-28(40)26(39-30(41)29-6-4-10-42-29)15-21-12-23(16-24(35)13-21)32-36-9-11-44-32/h9,11-14,16,19,26-29,37,40H,4-8,10,15,17-18,20H2,1-3H3,(H,39,41)/t26-,27-,28+,29+/m0/s1. The van der Waals surface area contributed by atoms with E-state index in [4.69, 9.17) is 14.5 Å². The summed E-state index contributed by atoms with van der Waals surface area (Å²) in [6.07, 6.45) is 8.63. The lowest BCUT2D eigenvalue weighted by Crippen LogP contribution is -2.53. The Bertz CT molecular complexity index is 1450. The first kappa shape index (κ1) is 31.1. The minimum absolute atomic E-state index is 0.0543. The summed E-state index contributed by atoms with van der Waals surface area (Å²) in [6, 6.07) is 6.27. The van der Waals surface area contributed by atoms with Gasteiger partial charge in [0.15, 0.2) is 0 Å². The number of nitrogens with zero attached hydrogens (tertiary/aromatic N) is 2. The second kappa shape index (κ2) is 12.8. The first-order chi connectivity index (χ1) is 21.1. The fourth-order valence-electron chi connectivity index (χ4n) is 6.61. The Labute approximate surface area is 262 Å². The molecule has 44 heavy (non-hydrogen) atoms. The van der Waals surface area contributed by atoms with Crippen molar-refractivity contribution >= 4 is 17.2 Å².